The number of amides is 2. The molecule has 2 unspecified atom stereocenters. The summed E-state index contributed by atoms with van der Waals surface area (Å²) >= 11 is 6.10. The molecule has 5 rings (SSSR count). The van der Waals surface area contributed by atoms with E-state index in [4.69, 9.17) is 11.6 Å². The van der Waals surface area contributed by atoms with Crippen molar-refractivity contribution in [3.8, 4) is 0 Å². The van der Waals surface area contributed by atoms with E-state index < -0.39 is 17.8 Å². The van der Waals surface area contributed by atoms with Crippen molar-refractivity contribution in [1.29, 1.82) is 0 Å². The zero-order valence-corrected chi connectivity index (χ0v) is 27.7. The summed E-state index contributed by atoms with van der Waals surface area (Å²) < 4.78 is 40.9. The number of carbonyl (C=O) groups is 2. The average Bonchev–Trinajstić information content (AvgIpc) is 3.48. The van der Waals surface area contributed by atoms with Crippen LogP contribution < -0.4 is 10.6 Å². The fourth-order valence-electron chi connectivity index (χ4n) is 6.61. The van der Waals surface area contributed by atoms with Gasteiger partial charge in [0.15, 0.2) is 0 Å². The van der Waals surface area contributed by atoms with Crippen molar-refractivity contribution >= 4 is 23.4 Å². The molecule has 0 aromatic heterocycles. The number of fused-ring (bicyclic) bond motifs is 1. The van der Waals surface area contributed by atoms with E-state index in [1.54, 1.807) is 23.1 Å². The number of nitrogens with one attached hydrogen (secondary N) is 2. The van der Waals surface area contributed by atoms with E-state index in [0.29, 0.717) is 56.3 Å². The van der Waals surface area contributed by atoms with Crippen molar-refractivity contribution in [2.45, 2.75) is 57.5 Å². The number of hydrogen-bond donors (Lipinski definition) is 2. The van der Waals surface area contributed by atoms with Gasteiger partial charge in [-0.25, -0.2) is 0 Å². The van der Waals surface area contributed by atoms with Crippen molar-refractivity contribution in [2.24, 2.45) is 0 Å². The van der Waals surface area contributed by atoms with Crippen molar-refractivity contribution in [2.75, 3.05) is 45.8 Å². The Kier molecular flexibility index (Phi) is 11.6. The van der Waals surface area contributed by atoms with Gasteiger partial charge in [0.05, 0.1) is 5.56 Å². The largest absolute Gasteiger partial charge is 0.416 e. The molecule has 3 aromatic rings. The molecule has 2 heterocycles. The van der Waals surface area contributed by atoms with Crippen LogP contribution >= 0.6 is 11.6 Å². The van der Waals surface area contributed by atoms with Gasteiger partial charge in [-0.2, -0.15) is 13.2 Å². The Balaban J connectivity index is 1.29. The number of benzene rings is 3. The molecule has 0 bridgehead atoms. The molecule has 2 amide bonds. The van der Waals surface area contributed by atoms with Gasteiger partial charge in [-0.1, -0.05) is 74.0 Å². The summed E-state index contributed by atoms with van der Waals surface area (Å²) in [5.41, 5.74) is 3.09. The van der Waals surface area contributed by atoms with Crippen molar-refractivity contribution in [3.63, 3.8) is 0 Å². The van der Waals surface area contributed by atoms with Gasteiger partial charge in [0.2, 0.25) is 11.8 Å². The Labute approximate surface area is 280 Å². The van der Waals surface area contributed by atoms with Gasteiger partial charge in [0.25, 0.3) is 0 Å². The minimum atomic E-state index is -4.43. The SMILES string of the molecule is CCN(CC)CC(c1cccc(C(F)(F)F)c1)N1CCN(C(=O)[C@@H](Cc2ccc(Cl)cc2)NC(=O)CC2NCc3ccccc32)CC1. The summed E-state index contributed by atoms with van der Waals surface area (Å²) in [7, 11) is 0. The van der Waals surface area contributed by atoms with E-state index in [2.05, 4.69) is 20.4 Å². The van der Waals surface area contributed by atoms with Crippen LogP contribution in [0.3, 0.4) is 0 Å². The Bertz CT molecular complexity index is 1510. The second kappa shape index (κ2) is 15.6. The third kappa shape index (κ3) is 8.93. The van der Waals surface area contributed by atoms with Crippen LogP contribution in [0.1, 0.15) is 60.2 Å². The first kappa shape index (κ1) is 34.9. The molecular weight excluding hydrogens is 627 g/mol. The van der Waals surface area contributed by atoms with E-state index in [1.165, 1.54) is 17.7 Å². The van der Waals surface area contributed by atoms with Crippen LogP contribution in [0, 0.1) is 0 Å². The lowest BCUT2D eigenvalue weighted by Gasteiger charge is -2.42. The van der Waals surface area contributed by atoms with Gasteiger partial charge >= 0.3 is 6.18 Å². The van der Waals surface area contributed by atoms with Crippen molar-refractivity contribution in [1.82, 2.24) is 25.3 Å². The molecule has 0 saturated carbocycles. The summed E-state index contributed by atoms with van der Waals surface area (Å²) in [5.74, 6) is -0.388. The molecule has 3 aromatic carbocycles. The third-order valence-electron chi connectivity index (χ3n) is 9.34. The first-order valence-corrected chi connectivity index (χ1v) is 16.7. The van der Waals surface area contributed by atoms with E-state index in [-0.39, 0.29) is 30.3 Å². The second-order valence-corrected chi connectivity index (χ2v) is 12.7. The monoisotopic (exact) mass is 669 g/mol. The summed E-state index contributed by atoms with van der Waals surface area (Å²) in [5, 5.41) is 7.01. The number of alkyl halides is 3. The molecule has 2 N–H and O–H groups in total. The van der Waals surface area contributed by atoms with E-state index >= 15 is 0 Å². The third-order valence-corrected chi connectivity index (χ3v) is 9.59. The molecule has 1 saturated heterocycles. The fraction of sp³-hybridized carbons (Fsp3) is 0.444. The van der Waals surface area contributed by atoms with Crippen LogP contribution in [0.15, 0.2) is 72.8 Å². The highest BCUT2D eigenvalue weighted by Crippen LogP contribution is 2.33. The smallest absolute Gasteiger partial charge is 0.344 e. The van der Waals surface area contributed by atoms with E-state index in [1.807, 2.05) is 50.2 Å². The van der Waals surface area contributed by atoms with Crippen LogP contribution in [0.2, 0.25) is 5.02 Å². The summed E-state index contributed by atoms with van der Waals surface area (Å²) in [4.78, 5) is 33.5. The van der Waals surface area contributed by atoms with Crippen molar-refractivity contribution in [3.05, 3.63) is 106 Å². The number of likely N-dealkylation sites (N-methyl/N-ethyl adjacent to an activating group) is 1. The summed E-state index contributed by atoms with van der Waals surface area (Å²) in [6.07, 6.45) is -3.91. The maximum absolute atomic E-state index is 14.0. The van der Waals surface area contributed by atoms with E-state index in [9.17, 15) is 22.8 Å². The standard InChI is InChI=1S/C36H43ClF3N5O2/c1-3-43(4-2)24-33(26-9-7-10-28(21-26)36(38,39)40)44-16-18-45(19-17-44)35(47)32(20-25-12-14-29(37)15-13-25)42-34(46)22-31-30-11-6-5-8-27(30)23-41-31/h5-15,21,31-33,41H,3-4,16-20,22-24H2,1-2H3,(H,42,46)/t31?,32-,33?/m1/s1. The predicted molar refractivity (Wildman–Crippen MR) is 178 cm³/mol. The maximum atomic E-state index is 14.0. The van der Waals surface area contributed by atoms with Gasteiger partial charge in [0, 0.05) is 69.2 Å². The number of rotatable bonds is 12. The molecule has 11 heteroatoms. The molecule has 1 fully saturated rings. The minimum absolute atomic E-state index is 0.125. The highest BCUT2D eigenvalue weighted by molar-refractivity contribution is 6.30. The Morgan fingerprint density at radius 1 is 0.979 bits per heavy atom. The quantitative estimate of drug-likeness (QED) is 0.254. The molecule has 47 heavy (non-hydrogen) atoms. The average molecular weight is 670 g/mol. The summed E-state index contributed by atoms with van der Waals surface area (Å²) in [6, 6.07) is 19.7. The molecule has 2 aliphatic heterocycles. The van der Waals surface area contributed by atoms with Crippen LogP contribution in [0.4, 0.5) is 13.2 Å². The Morgan fingerprint density at radius 2 is 1.68 bits per heavy atom. The molecule has 252 valence electrons. The van der Waals surface area contributed by atoms with Crippen LogP contribution in [-0.2, 0) is 28.7 Å². The zero-order valence-electron chi connectivity index (χ0n) is 26.9. The van der Waals surface area contributed by atoms with Gasteiger partial charge in [-0.3, -0.25) is 14.5 Å². The maximum Gasteiger partial charge on any atom is 0.416 e. The molecule has 0 spiro atoms. The van der Waals surface area contributed by atoms with Gasteiger partial charge < -0.3 is 20.4 Å². The molecule has 0 aliphatic carbocycles. The highest BCUT2D eigenvalue weighted by atomic mass is 35.5. The molecule has 3 atom stereocenters. The lowest BCUT2D eigenvalue weighted by molar-refractivity contribution is -0.138. The number of carbonyl (C=O) groups excluding carboxylic acids is 2. The number of hydrogen-bond acceptors (Lipinski definition) is 5. The zero-order chi connectivity index (χ0) is 33.6. The molecule has 0 radical (unpaired) electrons. The van der Waals surface area contributed by atoms with Crippen LogP contribution in [0.5, 0.6) is 0 Å². The Hall–Kier alpha value is -3.44. The minimum Gasteiger partial charge on any atom is -0.344 e. The predicted octanol–water partition coefficient (Wildman–Crippen LogP) is 5.85. The summed E-state index contributed by atoms with van der Waals surface area (Å²) in [6.45, 7) is 8.71. The van der Waals surface area contributed by atoms with Gasteiger partial charge in [0.1, 0.15) is 6.04 Å². The number of halogens is 4. The number of piperazine rings is 1. The highest BCUT2D eigenvalue weighted by Gasteiger charge is 2.35. The molecule has 2 aliphatic rings. The Morgan fingerprint density at radius 3 is 2.36 bits per heavy atom. The van der Waals surface area contributed by atoms with Crippen molar-refractivity contribution < 1.29 is 22.8 Å². The topological polar surface area (TPSA) is 67.9 Å². The fourth-order valence-corrected chi connectivity index (χ4v) is 6.74. The van der Waals surface area contributed by atoms with Gasteiger partial charge in [-0.05, 0) is 59.6 Å². The van der Waals surface area contributed by atoms with Gasteiger partial charge in [-0.15, -0.1) is 0 Å². The first-order chi connectivity index (χ1) is 22.5. The first-order valence-electron chi connectivity index (χ1n) is 16.3. The second-order valence-electron chi connectivity index (χ2n) is 12.3. The molecular formula is C36H43ClF3N5O2. The molecule has 7 nitrogen and oxygen atoms in total. The lowest BCUT2D eigenvalue weighted by Crippen LogP contribution is -2.56. The van der Waals surface area contributed by atoms with Crippen LogP contribution in [0.25, 0.3) is 0 Å². The van der Waals surface area contributed by atoms with Crippen LogP contribution in [-0.4, -0.2) is 78.4 Å². The number of nitrogens with zero attached hydrogens (tertiary/aromatic N) is 3. The van der Waals surface area contributed by atoms with E-state index in [0.717, 1.165) is 30.3 Å². The normalized spacial score (nSPS) is 18.2. The lowest BCUT2D eigenvalue weighted by atomic mass is 10.00.